The summed E-state index contributed by atoms with van der Waals surface area (Å²) in [6.07, 6.45) is 1.45. The number of esters is 1. The molecule has 2 amide bonds. The van der Waals surface area contributed by atoms with Gasteiger partial charge < -0.3 is 14.5 Å². The van der Waals surface area contributed by atoms with Crippen molar-refractivity contribution in [3.63, 3.8) is 0 Å². The van der Waals surface area contributed by atoms with Gasteiger partial charge in [-0.15, -0.1) is 0 Å². The first-order valence-electron chi connectivity index (χ1n) is 10.00. The molecule has 6 heteroatoms. The molecule has 0 saturated carbocycles. The van der Waals surface area contributed by atoms with Gasteiger partial charge in [0.25, 0.3) is 5.91 Å². The van der Waals surface area contributed by atoms with E-state index in [4.69, 9.17) is 4.74 Å². The number of para-hydroxylation sites is 1. The van der Waals surface area contributed by atoms with Crippen molar-refractivity contribution in [1.82, 2.24) is 4.90 Å². The van der Waals surface area contributed by atoms with Gasteiger partial charge in [0.1, 0.15) is 0 Å². The van der Waals surface area contributed by atoms with Crippen LogP contribution in [-0.2, 0) is 27.3 Å². The Balaban J connectivity index is 1.36. The third kappa shape index (κ3) is 4.01. The summed E-state index contributed by atoms with van der Waals surface area (Å²) < 4.78 is 5.42. The average Bonchev–Trinajstić information content (AvgIpc) is 3.34. The van der Waals surface area contributed by atoms with Crippen molar-refractivity contribution in [2.45, 2.75) is 38.8 Å². The summed E-state index contributed by atoms with van der Waals surface area (Å²) in [5.74, 6) is -0.570. The van der Waals surface area contributed by atoms with Gasteiger partial charge in [-0.1, -0.05) is 30.3 Å². The molecular formula is C23H24N2O4. The lowest BCUT2D eigenvalue weighted by Crippen LogP contribution is -2.39. The Kier molecular flexibility index (Phi) is 5.34. The lowest BCUT2D eigenvalue weighted by Gasteiger charge is -2.21. The normalized spacial score (nSPS) is 16.7. The SMILES string of the molecule is C[C@@H](OC(=O)c1ccc(CN2CCCC2=O)cc1)C(=O)N1CCc2ccccc21. The molecule has 2 aromatic rings. The van der Waals surface area contributed by atoms with Gasteiger partial charge in [-0.3, -0.25) is 9.59 Å². The van der Waals surface area contributed by atoms with Crippen molar-refractivity contribution in [2.24, 2.45) is 0 Å². The Bertz CT molecular complexity index is 938. The number of hydrogen-bond donors (Lipinski definition) is 0. The summed E-state index contributed by atoms with van der Waals surface area (Å²) in [5, 5.41) is 0. The summed E-state index contributed by atoms with van der Waals surface area (Å²) >= 11 is 0. The van der Waals surface area contributed by atoms with Crippen molar-refractivity contribution in [3.05, 3.63) is 65.2 Å². The first-order valence-corrected chi connectivity index (χ1v) is 10.00. The highest BCUT2D eigenvalue weighted by atomic mass is 16.5. The summed E-state index contributed by atoms with van der Waals surface area (Å²) in [6, 6.07) is 14.8. The molecule has 0 unspecified atom stereocenters. The number of benzene rings is 2. The highest BCUT2D eigenvalue weighted by Crippen LogP contribution is 2.28. The molecule has 0 N–H and O–H groups in total. The third-order valence-electron chi connectivity index (χ3n) is 5.52. The molecule has 2 aliphatic rings. The second-order valence-corrected chi connectivity index (χ2v) is 7.53. The zero-order valence-electron chi connectivity index (χ0n) is 16.5. The minimum absolute atomic E-state index is 0.171. The summed E-state index contributed by atoms with van der Waals surface area (Å²) in [4.78, 5) is 40.5. The molecule has 0 radical (unpaired) electrons. The zero-order valence-corrected chi connectivity index (χ0v) is 16.5. The topological polar surface area (TPSA) is 66.9 Å². The van der Waals surface area contributed by atoms with Gasteiger partial charge in [0.15, 0.2) is 6.10 Å². The number of carbonyl (C=O) groups is 3. The smallest absolute Gasteiger partial charge is 0.338 e. The highest BCUT2D eigenvalue weighted by molar-refractivity contribution is 6.00. The molecule has 150 valence electrons. The fourth-order valence-electron chi connectivity index (χ4n) is 3.90. The number of hydrogen-bond acceptors (Lipinski definition) is 4. The maximum absolute atomic E-state index is 12.8. The fraction of sp³-hybridized carbons (Fsp3) is 0.348. The second kappa shape index (κ2) is 8.07. The Morgan fingerprint density at radius 1 is 1.03 bits per heavy atom. The molecule has 4 rings (SSSR count). The summed E-state index contributed by atoms with van der Waals surface area (Å²) in [7, 11) is 0. The van der Waals surface area contributed by atoms with E-state index in [1.807, 2.05) is 41.3 Å². The molecule has 1 fully saturated rings. The first-order chi connectivity index (χ1) is 14.0. The van der Waals surface area contributed by atoms with Gasteiger partial charge in [-0.2, -0.15) is 0 Å². The molecule has 6 nitrogen and oxygen atoms in total. The van der Waals surface area contributed by atoms with E-state index in [2.05, 4.69) is 0 Å². The monoisotopic (exact) mass is 392 g/mol. The number of rotatable bonds is 5. The number of fused-ring (bicyclic) bond motifs is 1. The molecular weight excluding hydrogens is 368 g/mol. The van der Waals surface area contributed by atoms with Gasteiger partial charge in [0.05, 0.1) is 5.56 Å². The summed E-state index contributed by atoms with van der Waals surface area (Å²) in [5.41, 5.74) is 3.38. The predicted molar refractivity (Wildman–Crippen MR) is 108 cm³/mol. The van der Waals surface area contributed by atoms with Crippen molar-refractivity contribution < 1.29 is 19.1 Å². The number of nitrogens with zero attached hydrogens (tertiary/aromatic N) is 2. The molecule has 0 bridgehead atoms. The van der Waals surface area contributed by atoms with Crippen molar-refractivity contribution in [2.75, 3.05) is 18.0 Å². The Morgan fingerprint density at radius 3 is 2.52 bits per heavy atom. The molecule has 2 heterocycles. The van der Waals surface area contributed by atoms with Crippen LogP contribution in [0.2, 0.25) is 0 Å². The average molecular weight is 392 g/mol. The molecule has 1 atom stereocenters. The maximum Gasteiger partial charge on any atom is 0.338 e. The van der Waals surface area contributed by atoms with Crippen LogP contribution in [-0.4, -0.2) is 41.9 Å². The van der Waals surface area contributed by atoms with Gasteiger partial charge in [0.2, 0.25) is 5.91 Å². The van der Waals surface area contributed by atoms with E-state index in [9.17, 15) is 14.4 Å². The van der Waals surface area contributed by atoms with Crippen LogP contribution in [0.4, 0.5) is 5.69 Å². The summed E-state index contributed by atoms with van der Waals surface area (Å²) in [6.45, 7) is 3.54. The molecule has 1 saturated heterocycles. The molecule has 2 aliphatic heterocycles. The molecule has 0 aromatic heterocycles. The van der Waals surface area contributed by atoms with Crippen molar-refractivity contribution >= 4 is 23.5 Å². The molecule has 0 aliphatic carbocycles. The van der Waals surface area contributed by atoms with Crippen LogP contribution in [0.25, 0.3) is 0 Å². The van der Waals surface area contributed by atoms with E-state index < -0.39 is 12.1 Å². The second-order valence-electron chi connectivity index (χ2n) is 7.53. The van der Waals surface area contributed by atoms with E-state index in [0.717, 1.165) is 36.2 Å². The van der Waals surface area contributed by atoms with Crippen molar-refractivity contribution in [1.29, 1.82) is 0 Å². The number of ether oxygens (including phenoxy) is 1. The minimum Gasteiger partial charge on any atom is -0.449 e. The Labute approximate surface area is 170 Å². The van der Waals surface area contributed by atoms with E-state index in [1.54, 1.807) is 24.0 Å². The van der Waals surface area contributed by atoms with Crippen LogP contribution in [0.1, 0.15) is 41.3 Å². The van der Waals surface area contributed by atoms with Gasteiger partial charge in [0, 0.05) is 31.7 Å². The number of amides is 2. The molecule has 29 heavy (non-hydrogen) atoms. The van der Waals surface area contributed by atoms with Gasteiger partial charge in [-0.05, 0) is 49.1 Å². The minimum atomic E-state index is -0.865. The van der Waals surface area contributed by atoms with Crippen LogP contribution >= 0.6 is 0 Å². The lowest BCUT2D eigenvalue weighted by molar-refractivity contribution is -0.128. The van der Waals surface area contributed by atoms with Crippen molar-refractivity contribution in [3.8, 4) is 0 Å². The predicted octanol–water partition coefficient (Wildman–Crippen LogP) is 2.94. The molecule has 0 spiro atoms. The van der Waals surface area contributed by atoms with Crippen LogP contribution in [0.5, 0.6) is 0 Å². The van der Waals surface area contributed by atoms with Crippen LogP contribution < -0.4 is 4.90 Å². The number of anilines is 1. The fourth-order valence-corrected chi connectivity index (χ4v) is 3.90. The quantitative estimate of drug-likeness (QED) is 0.734. The van der Waals surface area contributed by atoms with E-state index in [1.165, 1.54) is 0 Å². The van der Waals surface area contributed by atoms with Crippen LogP contribution in [0, 0.1) is 0 Å². The third-order valence-corrected chi connectivity index (χ3v) is 5.52. The van der Waals surface area contributed by atoms with E-state index >= 15 is 0 Å². The zero-order chi connectivity index (χ0) is 20.4. The lowest BCUT2D eigenvalue weighted by atomic mass is 10.1. The standard InChI is InChI=1S/C23H24N2O4/c1-16(22(27)25-14-12-18-5-2-3-6-20(18)25)29-23(28)19-10-8-17(9-11-19)15-24-13-4-7-21(24)26/h2-3,5-6,8-11,16H,4,7,12-15H2,1H3/t16-/m1/s1. The van der Waals surface area contributed by atoms with Gasteiger partial charge >= 0.3 is 5.97 Å². The maximum atomic E-state index is 12.8. The number of likely N-dealkylation sites (tertiary alicyclic amines) is 1. The Morgan fingerprint density at radius 2 is 1.79 bits per heavy atom. The molecule has 2 aromatic carbocycles. The van der Waals surface area contributed by atoms with Crippen LogP contribution in [0.15, 0.2) is 48.5 Å². The highest BCUT2D eigenvalue weighted by Gasteiger charge is 2.30. The van der Waals surface area contributed by atoms with E-state index in [0.29, 0.717) is 25.1 Å². The van der Waals surface area contributed by atoms with Gasteiger partial charge in [-0.25, -0.2) is 4.79 Å². The van der Waals surface area contributed by atoms with E-state index in [-0.39, 0.29) is 11.8 Å². The largest absolute Gasteiger partial charge is 0.449 e. The first kappa shape index (κ1) is 19.2. The number of carbonyl (C=O) groups excluding carboxylic acids is 3. The van der Waals surface area contributed by atoms with Crippen LogP contribution in [0.3, 0.4) is 0 Å². The Hall–Kier alpha value is -3.15.